The maximum Gasteiger partial charge on any atom is 0.323 e. The van der Waals surface area contributed by atoms with Gasteiger partial charge in [0.2, 0.25) is 0 Å². The van der Waals surface area contributed by atoms with Crippen LogP contribution >= 0.6 is 0 Å². The van der Waals surface area contributed by atoms with Crippen molar-refractivity contribution in [1.82, 2.24) is 4.90 Å². The van der Waals surface area contributed by atoms with Gasteiger partial charge in [-0.25, -0.2) is 4.79 Å². The Kier molecular flexibility index (Phi) is 10.6. The second-order valence-corrected chi connectivity index (χ2v) is 10.8. The number of aliphatic carboxylic acids is 1. The number of furan rings is 1. The quantitative estimate of drug-likeness (QED) is 0.203. The Morgan fingerprint density at radius 3 is 2.20 bits per heavy atom. The van der Waals surface area contributed by atoms with Crippen LogP contribution in [0.5, 0.6) is 0 Å². The lowest BCUT2D eigenvalue weighted by Crippen LogP contribution is -2.39. The van der Waals surface area contributed by atoms with E-state index in [1.165, 1.54) is 18.4 Å². The minimum atomic E-state index is -0.781. The molecule has 0 saturated carbocycles. The molecule has 3 N–H and O–H groups in total. The molecule has 2 heterocycles. The van der Waals surface area contributed by atoms with Gasteiger partial charge in [-0.15, -0.1) is 0 Å². The maximum absolute atomic E-state index is 12.3. The molecular formula is C34H41N3O4. The van der Waals surface area contributed by atoms with Gasteiger partial charge in [-0.3, -0.25) is 4.79 Å². The van der Waals surface area contributed by atoms with Gasteiger partial charge < -0.3 is 25.1 Å². The van der Waals surface area contributed by atoms with Gasteiger partial charge in [-0.1, -0.05) is 61.9 Å². The summed E-state index contributed by atoms with van der Waals surface area (Å²) >= 11 is 0. The van der Waals surface area contributed by atoms with Gasteiger partial charge in [0.1, 0.15) is 5.58 Å². The number of piperidine rings is 1. The fourth-order valence-electron chi connectivity index (χ4n) is 5.39. The van der Waals surface area contributed by atoms with Crippen molar-refractivity contribution in [2.24, 2.45) is 0 Å². The van der Waals surface area contributed by atoms with Crippen LogP contribution in [-0.4, -0.2) is 41.1 Å². The van der Waals surface area contributed by atoms with Crippen molar-refractivity contribution in [3.63, 3.8) is 0 Å². The summed E-state index contributed by atoms with van der Waals surface area (Å²) in [5.74, 6) is -0.683. The molecule has 1 aliphatic heterocycles. The Morgan fingerprint density at radius 2 is 1.56 bits per heavy atom. The first-order valence-corrected chi connectivity index (χ1v) is 14.5. The number of hydrogen-bond acceptors (Lipinski definition) is 4. The number of carboxylic acid groups (broad SMARTS) is 1. The second kappa shape index (κ2) is 14.5. The summed E-state index contributed by atoms with van der Waals surface area (Å²) in [5, 5.41) is 15.5. The molecule has 0 spiro atoms. The number of carbonyl (C=O) groups is 2. The number of fused-ring (bicyclic) bond motifs is 1. The Balaban J connectivity index is 0.000000296. The van der Waals surface area contributed by atoms with Gasteiger partial charge in [0.15, 0.2) is 0 Å². The summed E-state index contributed by atoms with van der Waals surface area (Å²) in [6, 6.07) is 24.9. The molecule has 216 valence electrons. The highest BCUT2D eigenvalue weighted by molar-refractivity contribution is 6.01. The first-order chi connectivity index (χ1) is 19.9. The SMILES string of the molecule is CC(C(=O)O)c1ccccc1.CCCC(C)N1CCC(c2coc3ccc(NC(=O)Nc4ccccc4)cc23)CC1. The predicted octanol–water partition coefficient (Wildman–Crippen LogP) is 8.32. The number of para-hydroxylation sites is 1. The van der Waals surface area contributed by atoms with Gasteiger partial charge in [-0.05, 0) is 88.0 Å². The summed E-state index contributed by atoms with van der Waals surface area (Å²) in [6.07, 6.45) is 6.71. The number of carboxylic acids is 1. The Hall–Kier alpha value is -4.10. The number of urea groups is 1. The van der Waals surface area contributed by atoms with Crippen molar-refractivity contribution in [2.45, 2.75) is 64.3 Å². The zero-order valence-corrected chi connectivity index (χ0v) is 24.2. The van der Waals surface area contributed by atoms with Crippen LogP contribution in [0.1, 0.15) is 69.4 Å². The first kappa shape index (κ1) is 29.9. The van der Waals surface area contributed by atoms with Crippen LogP contribution in [0.15, 0.2) is 89.5 Å². The van der Waals surface area contributed by atoms with E-state index in [1.807, 2.05) is 85.1 Å². The highest BCUT2D eigenvalue weighted by Crippen LogP contribution is 2.36. The molecule has 1 aliphatic rings. The average molecular weight is 556 g/mol. The summed E-state index contributed by atoms with van der Waals surface area (Å²) in [4.78, 5) is 25.5. The molecular weight excluding hydrogens is 514 g/mol. The molecule has 7 nitrogen and oxygen atoms in total. The van der Waals surface area contributed by atoms with E-state index in [0.717, 1.165) is 53.8 Å². The molecule has 5 rings (SSSR count). The number of hydrogen-bond donors (Lipinski definition) is 3. The van der Waals surface area contributed by atoms with Gasteiger partial charge in [0, 0.05) is 28.4 Å². The average Bonchev–Trinajstić information content (AvgIpc) is 3.41. The largest absolute Gasteiger partial charge is 0.481 e. The minimum Gasteiger partial charge on any atom is -0.481 e. The van der Waals surface area contributed by atoms with E-state index >= 15 is 0 Å². The molecule has 3 aromatic carbocycles. The van der Waals surface area contributed by atoms with Crippen molar-refractivity contribution >= 4 is 34.3 Å². The Morgan fingerprint density at radius 1 is 0.927 bits per heavy atom. The first-order valence-electron chi connectivity index (χ1n) is 14.5. The molecule has 0 aliphatic carbocycles. The summed E-state index contributed by atoms with van der Waals surface area (Å²) in [5.41, 5.74) is 4.53. The zero-order valence-electron chi connectivity index (χ0n) is 24.2. The zero-order chi connectivity index (χ0) is 29.2. The number of nitrogens with zero attached hydrogens (tertiary/aromatic N) is 1. The normalized spacial score (nSPS) is 15.4. The Bertz CT molecular complexity index is 1400. The van der Waals surface area contributed by atoms with Crippen molar-refractivity contribution in [3.05, 3.63) is 96.3 Å². The molecule has 0 radical (unpaired) electrons. The number of carbonyl (C=O) groups excluding carboxylic acids is 1. The molecule has 4 aromatic rings. The van der Waals surface area contributed by atoms with E-state index in [4.69, 9.17) is 9.52 Å². The van der Waals surface area contributed by atoms with Crippen LogP contribution in [0, 0.1) is 0 Å². The predicted molar refractivity (Wildman–Crippen MR) is 166 cm³/mol. The number of benzene rings is 3. The van der Waals surface area contributed by atoms with E-state index in [9.17, 15) is 9.59 Å². The van der Waals surface area contributed by atoms with Crippen molar-refractivity contribution in [1.29, 1.82) is 0 Å². The third kappa shape index (κ3) is 8.21. The third-order valence-electron chi connectivity index (χ3n) is 7.86. The molecule has 2 atom stereocenters. The molecule has 1 aromatic heterocycles. The summed E-state index contributed by atoms with van der Waals surface area (Å²) < 4.78 is 5.83. The number of likely N-dealkylation sites (tertiary alicyclic amines) is 1. The fourth-order valence-corrected chi connectivity index (χ4v) is 5.39. The van der Waals surface area contributed by atoms with Crippen LogP contribution in [-0.2, 0) is 4.79 Å². The monoisotopic (exact) mass is 555 g/mol. The topological polar surface area (TPSA) is 94.8 Å². The van der Waals surface area contributed by atoms with Crippen molar-refractivity contribution in [2.75, 3.05) is 23.7 Å². The third-order valence-corrected chi connectivity index (χ3v) is 7.86. The molecule has 2 amide bonds. The van der Waals surface area contributed by atoms with Gasteiger partial charge >= 0.3 is 12.0 Å². The van der Waals surface area contributed by atoms with Crippen molar-refractivity contribution < 1.29 is 19.1 Å². The lowest BCUT2D eigenvalue weighted by molar-refractivity contribution is -0.138. The highest BCUT2D eigenvalue weighted by Gasteiger charge is 2.25. The second-order valence-electron chi connectivity index (χ2n) is 10.8. The summed E-state index contributed by atoms with van der Waals surface area (Å²) in [7, 11) is 0. The lowest BCUT2D eigenvalue weighted by Gasteiger charge is -2.36. The van der Waals surface area contributed by atoms with E-state index < -0.39 is 11.9 Å². The Labute approximate surface area is 242 Å². The molecule has 0 bridgehead atoms. The van der Waals surface area contributed by atoms with E-state index in [0.29, 0.717) is 12.0 Å². The van der Waals surface area contributed by atoms with Gasteiger partial charge in [-0.2, -0.15) is 0 Å². The van der Waals surface area contributed by atoms with E-state index in [-0.39, 0.29) is 6.03 Å². The van der Waals surface area contributed by atoms with Gasteiger partial charge in [0.25, 0.3) is 0 Å². The molecule has 7 heteroatoms. The maximum atomic E-state index is 12.3. The van der Waals surface area contributed by atoms with Crippen LogP contribution in [0.2, 0.25) is 0 Å². The standard InChI is InChI=1S/C25H31N3O2.C9H10O2/c1-3-7-18(2)28-14-12-19(13-15-28)23-17-30-24-11-10-21(16-22(23)24)27-25(29)26-20-8-5-4-6-9-20;1-7(9(10)11)8-5-3-2-4-6-8/h4-6,8-11,16-19H,3,7,12-15H2,1-2H3,(H2,26,27,29);2-7H,1H3,(H,10,11). The molecule has 2 unspecified atom stereocenters. The number of amides is 2. The van der Waals surface area contributed by atoms with Crippen LogP contribution in [0.25, 0.3) is 11.0 Å². The van der Waals surface area contributed by atoms with Crippen LogP contribution in [0.4, 0.5) is 16.2 Å². The molecule has 1 fully saturated rings. The van der Waals surface area contributed by atoms with Crippen LogP contribution < -0.4 is 10.6 Å². The van der Waals surface area contributed by atoms with E-state index in [1.54, 1.807) is 6.92 Å². The highest BCUT2D eigenvalue weighted by atomic mass is 16.4. The number of nitrogens with one attached hydrogen (secondary N) is 2. The van der Waals surface area contributed by atoms with E-state index in [2.05, 4.69) is 29.4 Å². The van der Waals surface area contributed by atoms with Crippen molar-refractivity contribution in [3.8, 4) is 0 Å². The number of anilines is 2. The molecule has 1 saturated heterocycles. The minimum absolute atomic E-state index is 0.246. The summed E-state index contributed by atoms with van der Waals surface area (Å²) in [6.45, 7) is 8.55. The number of rotatable bonds is 8. The van der Waals surface area contributed by atoms with Crippen LogP contribution in [0.3, 0.4) is 0 Å². The van der Waals surface area contributed by atoms with Gasteiger partial charge in [0.05, 0.1) is 12.2 Å². The lowest BCUT2D eigenvalue weighted by atomic mass is 9.88. The smallest absolute Gasteiger partial charge is 0.323 e. The molecule has 41 heavy (non-hydrogen) atoms. The fraction of sp³-hybridized carbons (Fsp3) is 0.353.